The largest absolute Gasteiger partial charge is 0.342 e. The molecule has 2 heterocycles. The molecule has 2 aromatic rings. The molecule has 0 saturated carbocycles. The molecular weight excluding hydrogens is 334 g/mol. The van der Waals surface area contributed by atoms with Gasteiger partial charge in [-0.15, -0.1) is 11.3 Å². The molecular formula is C17H18ClNOS2. The lowest BCUT2D eigenvalue weighted by Crippen LogP contribution is -2.33. The van der Waals surface area contributed by atoms with E-state index in [-0.39, 0.29) is 5.91 Å². The van der Waals surface area contributed by atoms with E-state index in [1.165, 1.54) is 5.56 Å². The molecule has 1 amide bonds. The maximum absolute atomic E-state index is 12.4. The highest BCUT2D eigenvalue weighted by Gasteiger charge is 2.23. The van der Waals surface area contributed by atoms with Crippen LogP contribution in [-0.2, 0) is 11.2 Å². The van der Waals surface area contributed by atoms with Crippen molar-refractivity contribution in [1.82, 2.24) is 4.90 Å². The van der Waals surface area contributed by atoms with Crippen LogP contribution in [0.5, 0.6) is 0 Å². The Morgan fingerprint density at radius 1 is 1.23 bits per heavy atom. The first-order valence-electron chi connectivity index (χ1n) is 7.40. The zero-order valence-corrected chi connectivity index (χ0v) is 14.6. The lowest BCUT2D eigenvalue weighted by Gasteiger charge is -2.20. The molecule has 0 unspecified atom stereocenters. The summed E-state index contributed by atoms with van der Waals surface area (Å²) in [5.41, 5.74) is 1.20. The molecule has 5 heteroatoms. The van der Waals surface area contributed by atoms with Crippen molar-refractivity contribution in [2.45, 2.75) is 18.1 Å². The van der Waals surface area contributed by atoms with Crippen molar-refractivity contribution in [2.75, 3.05) is 18.8 Å². The molecule has 2 nitrogen and oxygen atoms in total. The lowest BCUT2D eigenvalue weighted by molar-refractivity contribution is -0.130. The van der Waals surface area contributed by atoms with Crippen molar-refractivity contribution in [2.24, 2.45) is 0 Å². The Balaban J connectivity index is 1.62. The van der Waals surface area contributed by atoms with Crippen LogP contribution in [0.15, 0.2) is 41.8 Å². The van der Waals surface area contributed by atoms with Crippen LogP contribution in [0.4, 0.5) is 0 Å². The minimum Gasteiger partial charge on any atom is -0.342 e. The van der Waals surface area contributed by atoms with E-state index in [2.05, 4.69) is 6.07 Å². The highest BCUT2D eigenvalue weighted by atomic mass is 35.5. The number of hydrogen-bond acceptors (Lipinski definition) is 3. The van der Waals surface area contributed by atoms with Gasteiger partial charge in [0.15, 0.2) is 0 Å². The molecule has 1 aliphatic heterocycles. The van der Waals surface area contributed by atoms with Gasteiger partial charge in [-0.05, 0) is 29.5 Å². The number of thiophene rings is 1. The van der Waals surface area contributed by atoms with E-state index < -0.39 is 0 Å². The number of benzene rings is 1. The SMILES string of the molecule is O=C(Cc1cccs1)N1CCS[C@H](c2ccccc2Cl)CC1. The van der Waals surface area contributed by atoms with E-state index >= 15 is 0 Å². The zero-order valence-electron chi connectivity index (χ0n) is 12.2. The number of hydrogen-bond donors (Lipinski definition) is 0. The summed E-state index contributed by atoms with van der Waals surface area (Å²) in [7, 11) is 0. The Kier molecular flexibility index (Phi) is 5.45. The minimum atomic E-state index is 0.239. The summed E-state index contributed by atoms with van der Waals surface area (Å²) in [5, 5.41) is 3.24. The molecule has 0 bridgehead atoms. The predicted octanol–water partition coefficient (Wildman–Crippen LogP) is 4.65. The summed E-state index contributed by atoms with van der Waals surface area (Å²) in [6, 6.07) is 12.1. The van der Waals surface area contributed by atoms with E-state index in [1.807, 2.05) is 52.4 Å². The molecule has 0 radical (unpaired) electrons. The van der Waals surface area contributed by atoms with Crippen LogP contribution in [0.2, 0.25) is 5.02 Å². The van der Waals surface area contributed by atoms with Crippen LogP contribution >= 0.6 is 34.7 Å². The topological polar surface area (TPSA) is 20.3 Å². The summed E-state index contributed by atoms with van der Waals surface area (Å²) >= 11 is 9.87. The molecule has 1 saturated heterocycles. The van der Waals surface area contributed by atoms with Crippen molar-refractivity contribution in [1.29, 1.82) is 0 Å². The lowest BCUT2D eigenvalue weighted by atomic mass is 10.1. The number of rotatable bonds is 3. The molecule has 1 aromatic carbocycles. The Labute approximate surface area is 144 Å². The van der Waals surface area contributed by atoms with Gasteiger partial charge in [-0.25, -0.2) is 0 Å². The fourth-order valence-electron chi connectivity index (χ4n) is 2.68. The van der Waals surface area contributed by atoms with Crippen molar-refractivity contribution in [3.8, 4) is 0 Å². The fraction of sp³-hybridized carbons (Fsp3) is 0.353. The number of nitrogens with zero attached hydrogens (tertiary/aromatic N) is 1. The Hall–Kier alpha value is -0.970. The van der Waals surface area contributed by atoms with Crippen molar-refractivity contribution in [3.05, 3.63) is 57.2 Å². The van der Waals surface area contributed by atoms with Gasteiger partial charge in [0.25, 0.3) is 0 Å². The van der Waals surface area contributed by atoms with Crippen LogP contribution in [0.1, 0.15) is 22.1 Å². The van der Waals surface area contributed by atoms with Gasteiger partial charge in [0.1, 0.15) is 0 Å². The van der Waals surface area contributed by atoms with E-state index in [0.717, 1.165) is 35.2 Å². The monoisotopic (exact) mass is 351 g/mol. The van der Waals surface area contributed by atoms with Gasteiger partial charge in [-0.2, -0.15) is 11.8 Å². The van der Waals surface area contributed by atoms with Crippen LogP contribution in [-0.4, -0.2) is 29.6 Å². The number of carbonyl (C=O) groups is 1. The summed E-state index contributed by atoms with van der Waals surface area (Å²) < 4.78 is 0. The molecule has 22 heavy (non-hydrogen) atoms. The molecule has 3 rings (SSSR count). The Bertz CT molecular complexity index is 629. The highest BCUT2D eigenvalue weighted by Crippen LogP contribution is 2.37. The van der Waals surface area contributed by atoms with Crippen molar-refractivity contribution in [3.63, 3.8) is 0 Å². The van der Waals surface area contributed by atoms with E-state index in [1.54, 1.807) is 11.3 Å². The molecule has 1 aromatic heterocycles. The number of carbonyl (C=O) groups excluding carboxylic acids is 1. The van der Waals surface area contributed by atoms with Gasteiger partial charge in [-0.1, -0.05) is 35.9 Å². The number of halogens is 1. The van der Waals surface area contributed by atoms with Gasteiger partial charge in [0, 0.05) is 34.0 Å². The average molecular weight is 352 g/mol. The Morgan fingerprint density at radius 3 is 2.86 bits per heavy atom. The van der Waals surface area contributed by atoms with Crippen molar-refractivity contribution < 1.29 is 4.79 Å². The highest BCUT2D eigenvalue weighted by molar-refractivity contribution is 7.99. The van der Waals surface area contributed by atoms with E-state index in [4.69, 9.17) is 11.6 Å². The summed E-state index contributed by atoms with van der Waals surface area (Å²) in [6.45, 7) is 1.64. The van der Waals surface area contributed by atoms with Crippen LogP contribution in [0.3, 0.4) is 0 Å². The zero-order chi connectivity index (χ0) is 15.4. The van der Waals surface area contributed by atoms with Crippen LogP contribution in [0, 0.1) is 0 Å². The molecule has 1 fully saturated rings. The molecule has 116 valence electrons. The molecule has 0 spiro atoms. The third-order valence-corrected chi connectivity index (χ3v) is 6.38. The first-order chi connectivity index (χ1) is 10.7. The van der Waals surface area contributed by atoms with Crippen LogP contribution in [0.25, 0.3) is 0 Å². The summed E-state index contributed by atoms with van der Waals surface area (Å²) in [4.78, 5) is 15.6. The standard InChI is InChI=1S/C17H18ClNOS2/c18-15-6-2-1-5-14(15)16-7-8-19(9-11-22-16)17(20)12-13-4-3-10-21-13/h1-6,10,16H,7-9,11-12H2/t16-/m0/s1. The van der Waals surface area contributed by atoms with Crippen LogP contribution < -0.4 is 0 Å². The predicted molar refractivity (Wildman–Crippen MR) is 95.9 cm³/mol. The first-order valence-corrected chi connectivity index (χ1v) is 9.71. The second-order valence-electron chi connectivity index (χ2n) is 5.31. The van der Waals surface area contributed by atoms with Gasteiger partial charge in [0.2, 0.25) is 5.91 Å². The molecule has 0 aliphatic carbocycles. The van der Waals surface area contributed by atoms with Gasteiger partial charge in [0.05, 0.1) is 6.42 Å². The van der Waals surface area contributed by atoms with Crippen molar-refractivity contribution >= 4 is 40.6 Å². The maximum Gasteiger partial charge on any atom is 0.227 e. The second kappa shape index (κ2) is 7.53. The Morgan fingerprint density at radius 2 is 2.09 bits per heavy atom. The number of thioether (sulfide) groups is 1. The molecule has 0 N–H and O–H groups in total. The third-order valence-electron chi connectivity index (χ3n) is 3.85. The van der Waals surface area contributed by atoms with E-state index in [9.17, 15) is 4.79 Å². The van der Waals surface area contributed by atoms with Gasteiger partial charge < -0.3 is 4.90 Å². The molecule has 1 aliphatic rings. The second-order valence-corrected chi connectivity index (χ2v) is 8.06. The summed E-state index contributed by atoms with van der Waals surface area (Å²) in [6.07, 6.45) is 1.49. The molecule has 1 atom stereocenters. The summed E-state index contributed by atoms with van der Waals surface area (Å²) in [5.74, 6) is 1.20. The first kappa shape index (κ1) is 15.9. The number of amides is 1. The smallest absolute Gasteiger partial charge is 0.227 e. The quantitative estimate of drug-likeness (QED) is 0.802. The maximum atomic E-state index is 12.4. The fourth-order valence-corrected chi connectivity index (χ4v) is 4.97. The average Bonchev–Trinajstić information content (AvgIpc) is 2.90. The van der Waals surface area contributed by atoms with Gasteiger partial charge in [-0.3, -0.25) is 4.79 Å². The normalized spacial score (nSPS) is 19.0. The third kappa shape index (κ3) is 3.86. The van der Waals surface area contributed by atoms with E-state index in [0.29, 0.717) is 11.7 Å². The van der Waals surface area contributed by atoms with Gasteiger partial charge >= 0.3 is 0 Å². The minimum absolute atomic E-state index is 0.239.